The Morgan fingerprint density at radius 1 is 1.70 bits per heavy atom. The zero-order chi connectivity index (χ0) is 6.85. The number of halogens is 2. The molecule has 1 heterocycles. The van der Waals surface area contributed by atoms with Crippen molar-refractivity contribution in [1.29, 1.82) is 0 Å². The number of nitrogens with zero attached hydrogens (tertiary/aromatic N) is 3. The van der Waals surface area contributed by atoms with E-state index in [1.165, 1.54) is 0 Å². The third kappa shape index (κ3) is 1.68. The Hall–Kier alpha value is -0.130. The molecule has 0 fully saturated rings. The minimum Gasteiger partial charge on any atom is -0.325 e. The molecule has 0 atom stereocenters. The molecule has 58 valence electrons. The predicted molar refractivity (Wildman–Crippen MR) is 43.8 cm³/mol. The summed E-state index contributed by atoms with van der Waals surface area (Å²) in [6.07, 6.45) is 0. The molecule has 0 spiro atoms. The summed E-state index contributed by atoms with van der Waals surface area (Å²) in [6, 6.07) is 0. The van der Waals surface area contributed by atoms with Crippen LogP contribution >= 0.6 is 28.3 Å². The average molecular weight is 227 g/mol. The van der Waals surface area contributed by atoms with Gasteiger partial charge >= 0.3 is 0 Å². The van der Waals surface area contributed by atoms with Gasteiger partial charge in [0, 0.05) is 13.6 Å². The molecule has 0 saturated heterocycles. The monoisotopic (exact) mass is 226 g/mol. The van der Waals surface area contributed by atoms with Gasteiger partial charge in [0.2, 0.25) is 0 Å². The van der Waals surface area contributed by atoms with Crippen LogP contribution in [-0.2, 0) is 13.6 Å². The van der Waals surface area contributed by atoms with E-state index in [4.69, 9.17) is 5.73 Å². The van der Waals surface area contributed by atoms with Crippen LogP contribution in [0.1, 0.15) is 5.69 Å². The summed E-state index contributed by atoms with van der Waals surface area (Å²) in [4.78, 5) is 0. The van der Waals surface area contributed by atoms with Crippen LogP contribution < -0.4 is 5.73 Å². The lowest BCUT2D eigenvalue weighted by Gasteiger charge is -1.92. The maximum atomic E-state index is 5.37. The molecule has 6 heteroatoms. The Labute approximate surface area is 73.3 Å². The molecular formula is C4H8BrClN4. The Kier molecular flexibility index (Phi) is 3.85. The molecule has 0 aliphatic carbocycles. The highest BCUT2D eigenvalue weighted by molar-refractivity contribution is 9.10. The van der Waals surface area contributed by atoms with Crippen molar-refractivity contribution in [3.8, 4) is 0 Å². The standard InChI is InChI=1S/C4H7BrN4.ClH/c1-9-3(2-6)4(5)7-8-9;/h2,6H2,1H3;1H. The molecule has 0 unspecified atom stereocenters. The molecule has 1 aromatic heterocycles. The number of aryl methyl sites for hydroxylation is 1. The van der Waals surface area contributed by atoms with Crippen LogP contribution in [0.3, 0.4) is 0 Å². The molecule has 0 radical (unpaired) electrons. The van der Waals surface area contributed by atoms with Crippen LogP contribution in [0.15, 0.2) is 4.60 Å². The topological polar surface area (TPSA) is 56.7 Å². The first kappa shape index (κ1) is 9.87. The van der Waals surface area contributed by atoms with Crippen LogP contribution in [0.2, 0.25) is 0 Å². The van der Waals surface area contributed by atoms with Gasteiger partial charge in [0.25, 0.3) is 0 Å². The summed E-state index contributed by atoms with van der Waals surface area (Å²) < 4.78 is 2.37. The van der Waals surface area contributed by atoms with E-state index in [0.717, 1.165) is 10.3 Å². The van der Waals surface area contributed by atoms with E-state index < -0.39 is 0 Å². The van der Waals surface area contributed by atoms with Crippen molar-refractivity contribution >= 4 is 28.3 Å². The first-order valence-electron chi connectivity index (χ1n) is 2.50. The second-order valence-corrected chi connectivity index (χ2v) is 2.41. The van der Waals surface area contributed by atoms with Gasteiger partial charge in [-0.2, -0.15) is 0 Å². The molecule has 1 rings (SSSR count). The number of aromatic nitrogens is 3. The minimum atomic E-state index is 0. The second-order valence-electron chi connectivity index (χ2n) is 1.65. The number of hydrogen-bond acceptors (Lipinski definition) is 3. The Morgan fingerprint density at radius 3 is 2.50 bits per heavy atom. The van der Waals surface area contributed by atoms with Crippen molar-refractivity contribution in [2.75, 3.05) is 0 Å². The number of nitrogens with two attached hydrogens (primary N) is 1. The Bertz CT molecular complexity index is 192. The highest BCUT2D eigenvalue weighted by Crippen LogP contribution is 2.09. The van der Waals surface area contributed by atoms with E-state index >= 15 is 0 Å². The smallest absolute Gasteiger partial charge is 0.152 e. The van der Waals surface area contributed by atoms with E-state index in [1.54, 1.807) is 11.7 Å². The number of hydrogen-bond donors (Lipinski definition) is 1. The normalized spacial score (nSPS) is 9.10. The van der Waals surface area contributed by atoms with Crippen molar-refractivity contribution in [3.63, 3.8) is 0 Å². The molecule has 0 saturated carbocycles. The Morgan fingerprint density at radius 2 is 2.30 bits per heavy atom. The highest BCUT2D eigenvalue weighted by atomic mass is 79.9. The van der Waals surface area contributed by atoms with Crippen LogP contribution in [0.4, 0.5) is 0 Å². The molecule has 0 amide bonds. The summed E-state index contributed by atoms with van der Waals surface area (Å²) in [5.74, 6) is 0. The van der Waals surface area contributed by atoms with Crippen molar-refractivity contribution in [2.45, 2.75) is 6.54 Å². The van der Waals surface area contributed by atoms with E-state index in [-0.39, 0.29) is 12.4 Å². The summed E-state index contributed by atoms with van der Waals surface area (Å²) in [5, 5.41) is 7.46. The van der Waals surface area contributed by atoms with Crippen LogP contribution in [0.25, 0.3) is 0 Å². The third-order valence-electron chi connectivity index (χ3n) is 1.09. The fraction of sp³-hybridized carbons (Fsp3) is 0.500. The van der Waals surface area contributed by atoms with Gasteiger partial charge in [-0.25, -0.2) is 4.68 Å². The summed E-state index contributed by atoms with van der Waals surface area (Å²) >= 11 is 3.20. The lowest BCUT2D eigenvalue weighted by molar-refractivity contribution is 0.678. The predicted octanol–water partition coefficient (Wildman–Crippen LogP) is 0.458. The quantitative estimate of drug-likeness (QED) is 0.758. The zero-order valence-electron chi connectivity index (χ0n) is 5.41. The van der Waals surface area contributed by atoms with Gasteiger partial charge in [-0.3, -0.25) is 0 Å². The molecule has 0 aromatic carbocycles. The van der Waals surface area contributed by atoms with E-state index in [0.29, 0.717) is 6.54 Å². The van der Waals surface area contributed by atoms with Crippen LogP contribution in [-0.4, -0.2) is 15.0 Å². The average Bonchev–Trinajstić information content (AvgIpc) is 2.12. The largest absolute Gasteiger partial charge is 0.325 e. The molecule has 0 aliphatic rings. The van der Waals surface area contributed by atoms with E-state index in [2.05, 4.69) is 26.2 Å². The van der Waals surface area contributed by atoms with Crippen molar-refractivity contribution in [3.05, 3.63) is 10.3 Å². The fourth-order valence-electron chi connectivity index (χ4n) is 0.568. The third-order valence-corrected chi connectivity index (χ3v) is 1.71. The lowest BCUT2D eigenvalue weighted by atomic mass is 10.5. The zero-order valence-corrected chi connectivity index (χ0v) is 7.81. The van der Waals surface area contributed by atoms with Gasteiger partial charge in [0.1, 0.15) is 0 Å². The van der Waals surface area contributed by atoms with Gasteiger partial charge in [0.05, 0.1) is 5.69 Å². The maximum absolute atomic E-state index is 5.37. The van der Waals surface area contributed by atoms with Crippen molar-refractivity contribution < 1.29 is 0 Å². The van der Waals surface area contributed by atoms with E-state index in [9.17, 15) is 0 Å². The Balaban J connectivity index is 0.000000810. The summed E-state index contributed by atoms with van der Waals surface area (Å²) in [6.45, 7) is 0.462. The van der Waals surface area contributed by atoms with Crippen LogP contribution in [0.5, 0.6) is 0 Å². The molecule has 2 N–H and O–H groups in total. The molecular weight excluding hydrogens is 219 g/mol. The fourth-order valence-corrected chi connectivity index (χ4v) is 1.06. The lowest BCUT2D eigenvalue weighted by Crippen LogP contribution is -2.04. The summed E-state index contributed by atoms with van der Waals surface area (Å²) in [5.41, 5.74) is 6.28. The van der Waals surface area contributed by atoms with Crippen molar-refractivity contribution in [1.82, 2.24) is 15.0 Å². The maximum Gasteiger partial charge on any atom is 0.152 e. The van der Waals surface area contributed by atoms with E-state index in [1.807, 2.05) is 0 Å². The second kappa shape index (κ2) is 3.90. The first-order valence-corrected chi connectivity index (χ1v) is 3.29. The SMILES string of the molecule is Cl.Cn1nnc(Br)c1CN. The summed E-state index contributed by atoms with van der Waals surface area (Å²) in [7, 11) is 1.81. The van der Waals surface area contributed by atoms with Gasteiger partial charge in [-0.15, -0.1) is 17.5 Å². The highest BCUT2D eigenvalue weighted by Gasteiger charge is 2.02. The van der Waals surface area contributed by atoms with Crippen LogP contribution in [0, 0.1) is 0 Å². The van der Waals surface area contributed by atoms with Crippen molar-refractivity contribution in [2.24, 2.45) is 12.8 Å². The number of rotatable bonds is 1. The molecule has 0 bridgehead atoms. The van der Waals surface area contributed by atoms with Gasteiger partial charge < -0.3 is 5.73 Å². The molecule has 10 heavy (non-hydrogen) atoms. The molecule has 1 aromatic rings. The van der Waals surface area contributed by atoms with Gasteiger partial charge in [-0.1, -0.05) is 5.21 Å². The molecule has 4 nitrogen and oxygen atoms in total. The minimum absolute atomic E-state index is 0. The van der Waals surface area contributed by atoms with Gasteiger partial charge in [0.15, 0.2) is 4.60 Å². The molecule has 0 aliphatic heterocycles. The first-order chi connectivity index (χ1) is 4.25. The van der Waals surface area contributed by atoms with Gasteiger partial charge in [-0.05, 0) is 15.9 Å².